The summed E-state index contributed by atoms with van der Waals surface area (Å²) in [6.45, 7) is 0. The number of para-hydroxylation sites is 1. The van der Waals surface area contributed by atoms with Crippen molar-refractivity contribution in [2.45, 2.75) is 0 Å². The Morgan fingerprint density at radius 3 is 1.46 bits per heavy atom. The van der Waals surface area contributed by atoms with Crippen LogP contribution in [0, 0.1) is 0 Å². The van der Waals surface area contributed by atoms with Gasteiger partial charge < -0.3 is 9.32 Å². The first-order valence-corrected chi connectivity index (χ1v) is 18.4. The zero-order valence-corrected chi connectivity index (χ0v) is 29.6. The fraction of sp³-hybridized carbons (Fsp3) is 0. The average molecular weight is 690 g/mol. The van der Waals surface area contributed by atoms with Crippen LogP contribution in [0.5, 0.6) is 0 Å². The smallest absolute Gasteiger partial charge is 0.136 e. The van der Waals surface area contributed by atoms with Crippen molar-refractivity contribution in [1.82, 2.24) is 0 Å². The van der Waals surface area contributed by atoms with Crippen LogP contribution in [0.25, 0.3) is 77.2 Å². The lowest BCUT2D eigenvalue weighted by Gasteiger charge is -2.28. The molecule has 9 aromatic carbocycles. The summed E-state index contributed by atoms with van der Waals surface area (Å²) in [5.41, 5.74) is 12.4. The molecule has 0 amide bonds. The van der Waals surface area contributed by atoms with Gasteiger partial charge in [-0.2, -0.15) is 0 Å². The number of hydrogen-bond donors (Lipinski definition) is 0. The Hall–Kier alpha value is -7.16. The summed E-state index contributed by atoms with van der Waals surface area (Å²) in [7, 11) is 0. The molecule has 0 aliphatic carbocycles. The molecule has 2 heteroatoms. The summed E-state index contributed by atoms with van der Waals surface area (Å²) in [5.74, 6) is 0.880. The maximum Gasteiger partial charge on any atom is 0.136 e. The third-order valence-electron chi connectivity index (χ3n) is 10.5. The van der Waals surface area contributed by atoms with Crippen LogP contribution in [-0.2, 0) is 0 Å². The number of anilines is 3. The zero-order chi connectivity index (χ0) is 35.8. The first-order chi connectivity index (χ1) is 26.8. The molecule has 10 rings (SSSR count). The highest BCUT2D eigenvalue weighted by molar-refractivity contribution is 6.14. The molecule has 0 saturated heterocycles. The van der Waals surface area contributed by atoms with E-state index in [0.717, 1.165) is 50.5 Å². The van der Waals surface area contributed by atoms with Gasteiger partial charge in [-0.3, -0.25) is 0 Å². The second-order valence-corrected chi connectivity index (χ2v) is 13.7. The van der Waals surface area contributed by atoms with Crippen LogP contribution in [0.2, 0.25) is 0 Å². The van der Waals surface area contributed by atoms with Gasteiger partial charge >= 0.3 is 0 Å². The molecule has 10 aromatic rings. The summed E-state index contributed by atoms with van der Waals surface area (Å²) in [5, 5.41) is 6.05. The van der Waals surface area contributed by atoms with Crippen LogP contribution in [-0.4, -0.2) is 0 Å². The molecule has 0 fully saturated rings. The maximum atomic E-state index is 6.27. The normalized spacial score (nSPS) is 11.3. The highest BCUT2D eigenvalue weighted by Crippen LogP contribution is 2.43. The minimum Gasteiger partial charge on any atom is -0.456 e. The second-order valence-electron chi connectivity index (χ2n) is 13.7. The van der Waals surface area contributed by atoms with Crippen molar-refractivity contribution in [2.75, 3.05) is 4.90 Å². The van der Waals surface area contributed by atoms with Gasteiger partial charge in [0.1, 0.15) is 11.3 Å². The fourth-order valence-electron chi connectivity index (χ4n) is 7.79. The van der Waals surface area contributed by atoms with Gasteiger partial charge in [-0.25, -0.2) is 0 Å². The molecular weight excluding hydrogens is 655 g/mol. The fourth-order valence-corrected chi connectivity index (χ4v) is 7.79. The number of benzene rings is 9. The topological polar surface area (TPSA) is 16.4 Å². The van der Waals surface area contributed by atoms with E-state index < -0.39 is 0 Å². The molecule has 0 N–H and O–H groups in total. The molecule has 1 heterocycles. The summed E-state index contributed by atoms with van der Waals surface area (Å²) in [6.07, 6.45) is 0. The van der Waals surface area contributed by atoms with Crippen LogP contribution in [0.3, 0.4) is 0 Å². The highest BCUT2D eigenvalue weighted by Gasteiger charge is 2.18. The van der Waals surface area contributed by atoms with Crippen molar-refractivity contribution in [2.24, 2.45) is 0 Å². The standard InChI is InChI=1S/C52H35NO/c1-2-12-36(13-3-1)38-26-30-43(31-27-38)53(50-34-41-14-4-6-17-46(41)47-18-8-9-19-48(47)50)44-32-28-39(29-33-44)37-22-24-40(25-23-37)45-16-7-10-20-49(45)52-35-42-15-5-11-21-51(42)54-52/h1-35H. The van der Waals surface area contributed by atoms with Crippen molar-refractivity contribution in [3.8, 4) is 44.7 Å². The van der Waals surface area contributed by atoms with Crippen LogP contribution in [0.1, 0.15) is 0 Å². The van der Waals surface area contributed by atoms with E-state index in [-0.39, 0.29) is 0 Å². The lowest BCUT2D eigenvalue weighted by Crippen LogP contribution is -2.10. The van der Waals surface area contributed by atoms with Crippen LogP contribution in [0.4, 0.5) is 17.1 Å². The van der Waals surface area contributed by atoms with Gasteiger partial charge in [0.2, 0.25) is 0 Å². The van der Waals surface area contributed by atoms with Gasteiger partial charge in [0.25, 0.3) is 0 Å². The molecule has 0 bridgehead atoms. The van der Waals surface area contributed by atoms with E-state index in [1.165, 1.54) is 43.8 Å². The Balaban J connectivity index is 1.03. The van der Waals surface area contributed by atoms with Crippen molar-refractivity contribution < 1.29 is 4.42 Å². The van der Waals surface area contributed by atoms with Gasteiger partial charge in [0.05, 0.1) is 5.69 Å². The SMILES string of the molecule is c1ccc(-c2ccc(N(c3ccc(-c4ccc(-c5ccccc5-c5cc6ccccc6o5)cc4)cc3)c3cc4ccccc4c4ccccc34)cc2)cc1. The first-order valence-electron chi connectivity index (χ1n) is 18.4. The predicted molar refractivity (Wildman–Crippen MR) is 228 cm³/mol. The van der Waals surface area contributed by atoms with E-state index in [2.05, 4.69) is 199 Å². The Morgan fingerprint density at radius 2 is 0.796 bits per heavy atom. The number of hydrogen-bond acceptors (Lipinski definition) is 2. The summed E-state index contributed by atoms with van der Waals surface area (Å²) in [4.78, 5) is 2.39. The monoisotopic (exact) mass is 689 g/mol. The van der Waals surface area contributed by atoms with E-state index in [9.17, 15) is 0 Å². The summed E-state index contributed by atoms with van der Waals surface area (Å²) in [6, 6.07) is 75.9. The second kappa shape index (κ2) is 13.4. The van der Waals surface area contributed by atoms with E-state index >= 15 is 0 Å². The van der Waals surface area contributed by atoms with E-state index in [0.29, 0.717) is 0 Å². The minimum atomic E-state index is 0.880. The molecule has 0 spiro atoms. The molecule has 0 atom stereocenters. The van der Waals surface area contributed by atoms with Crippen molar-refractivity contribution >= 4 is 49.6 Å². The van der Waals surface area contributed by atoms with E-state index in [1.807, 2.05) is 18.2 Å². The summed E-state index contributed by atoms with van der Waals surface area (Å²) < 4.78 is 6.27. The maximum absolute atomic E-state index is 6.27. The third kappa shape index (κ3) is 5.71. The molecule has 0 unspecified atom stereocenters. The molecule has 254 valence electrons. The van der Waals surface area contributed by atoms with Crippen molar-refractivity contribution in [1.29, 1.82) is 0 Å². The molecule has 2 nitrogen and oxygen atoms in total. The van der Waals surface area contributed by atoms with Gasteiger partial charge in [0.15, 0.2) is 0 Å². The minimum absolute atomic E-state index is 0.880. The van der Waals surface area contributed by atoms with Gasteiger partial charge in [-0.1, -0.05) is 170 Å². The Labute approximate surface area is 314 Å². The Kier molecular flexibility index (Phi) is 7.85. The number of furan rings is 1. The average Bonchev–Trinajstić information content (AvgIpc) is 3.69. The highest BCUT2D eigenvalue weighted by atomic mass is 16.3. The molecule has 0 aliphatic rings. The van der Waals surface area contributed by atoms with Crippen molar-refractivity contribution in [3.63, 3.8) is 0 Å². The van der Waals surface area contributed by atoms with Crippen molar-refractivity contribution in [3.05, 3.63) is 212 Å². The Bertz CT molecular complexity index is 2870. The predicted octanol–water partition coefficient (Wildman–Crippen LogP) is 14.9. The lowest BCUT2D eigenvalue weighted by atomic mass is 9.95. The lowest BCUT2D eigenvalue weighted by molar-refractivity contribution is 0.632. The number of nitrogens with zero attached hydrogens (tertiary/aromatic N) is 1. The number of fused-ring (bicyclic) bond motifs is 4. The quantitative estimate of drug-likeness (QED) is 0.155. The van der Waals surface area contributed by atoms with Gasteiger partial charge in [-0.05, 0) is 92.0 Å². The molecule has 54 heavy (non-hydrogen) atoms. The first kappa shape index (κ1) is 31.6. The Morgan fingerprint density at radius 1 is 0.315 bits per heavy atom. The van der Waals surface area contributed by atoms with Gasteiger partial charge in [-0.15, -0.1) is 0 Å². The largest absolute Gasteiger partial charge is 0.456 e. The molecule has 0 saturated carbocycles. The molecule has 0 aliphatic heterocycles. The zero-order valence-electron chi connectivity index (χ0n) is 29.6. The van der Waals surface area contributed by atoms with E-state index in [4.69, 9.17) is 4.42 Å². The van der Waals surface area contributed by atoms with Gasteiger partial charge in [0, 0.05) is 27.7 Å². The molecule has 1 aromatic heterocycles. The third-order valence-corrected chi connectivity index (χ3v) is 10.5. The molecular formula is C52H35NO. The number of rotatable bonds is 7. The summed E-state index contributed by atoms with van der Waals surface area (Å²) >= 11 is 0. The van der Waals surface area contributed by atoms with Crippen LogP contribution in [0.15, 0.2) is 217 Å². The van der Waals surface area contributed by atoms with Crippen LogP contribution < -0.4 is 4.90 Å². The van der Waals surface area contributed by atoms with Crippen LogP contribution >= 0.6 is 0 Å². The molecule has 0 radical (unpaired) electrons. The van der Waals surface area contributed by atoms with E-state index in [1.54, 1.807) is 0 Å².